The molecule has 30 heavy (non-hydrogen) atoms. The lowest BCUT2D eigenvalue weighted by Gasteiger charge is -2.35. The Bertz CT molecular complexity index is 1130. The van der Waals surface area contributed by atoms with Crippen molar-refractivity contribution in [3.8, 4) is 0 Å². The van der Waals surface area contributed by atoms with Crippen LogP contribution in [0.1, 0.15) is 22.7 Å². The number of ether oxygens (including phenoxy) is 1. The number of morpholine rings is 1. The normalized spacial score (nSPS) is 16.6. The first kappa shape index (κ1) is 21.0. The SMILES string of the molecule is Cc1ccc(S(=O)(=O)NC[C@H](c2cccc3ccccc23)N2CCOCC2)c(C)c1. The van der Waals surface area contributed by atoms with Crippen LogP contribution in [0.2, 0.25) is 0 Å². The van der Waals surface area contributed by atoms with Crippen molar-refractivity contribution in [1.82, 2.24) is 9.62 Å². The number of fused-ring (bicyclic) bond motifs is 1. The van der Waals surface area contributed by atoms with Gasteiger partial charge in [0.15, 0.2) is 0 Å². The Hall–Kier alpha value is -2.25. The second kappa shape index (κ2) is 8.86. The molecule has 1 heterocycles. The summed E-state index contributed by atoms with van der Waals surface area (Å²) in [6.45, 7) is 6.98. The minimum Gasteiger partial charge on any atom is -0.379 e. The van der Waals surface area contributed by atoms with Gasteiger partial charge < -0.3 is 4.74 Å². The highest BCUT2D eigenvalue weighted by molar-refractivity contribution is 7.89. The van der Waals surface area contributed by atoms with E-state index in [1.54, 1.807) is 6.07 Å². The number of aryl methyl sites for hydroxylation is 2. The maximum absolute atomic E-state index is 13.1. The van der Waals surface area contributed by atoms with Gasteiger partial charge in [0.1, 0.15) is 0 Å². The summed E-state index contributed by atoms with van der Waals surface area (Å²) >= 11 is 0. The summed E-state index contributed by atoms with van der Waals surface area (Å²) in [6.07, 6.45) is 0. The van der Waals surface area contributed by atoms with E-state index >= 15 is 0 Å². The molecule has 1 atom stereocenters. The molecule has 0 amide bonds. The molecule has 0 spiro atoms. The van der Waals surface area contributed by atoms with Gasteiger partial charge in [0.05, 0.1) is 18.1 Å². The number of hydrogen-bond acceptors (Lipinski definition) is 4. The molecule has 6 heteroatoms. The van der Waals surface area contributed by atoms with Crippen molar-refractivity contribution in [1.29, 1.82) is 0 Å². The lowest BCUT2D eigenvalue weighted by atomic mass is 9.97. The molecule has 0 unspecified atom stereocenters. The molecule has 3 aromatic carbocycles. The highest BCUT2D eigenvalue weighted by Gasteiger charge is 2.26. The summed E-state index contributed by atoms with van der Waals surface area (Å²) in [5, 5.41) is 2.31. The first-order chi connectivity index (χ1) is 14.5. The van der Waals surface area contributed by atoms with E-state index in [4.69, 9.17) is 4.74 Å². The van der Waals surface area contributed by atoms with E-state index in [1.165, 1.54) is 0 Å². The number of hydrogen-bond donors (Lipinski definition) is 1. The molecule has 5 nitrogen and oxygen atoms in total. The Morgan fingerprint density at radius 1 is 1.00 bits per heavy atom. The van der Waals surface area contributed by atoms with E-state index in [0.717, 1.165) is 40.6 Å². The zero-order chi connectivity index (χ0) is 21.1. The average molecular weight is 425 g/mol. The molecule has 4 rings (SSSR count). The topological polar surface area (TPSA) is 58.6 Å². The van der Waals surface area contributed by atoms with Gasteiger partial charge in [0.25, 0.3) is 0 Å². The van der Waals surface area contributed by atoms with Crippen LogP contribution in [0.3, 0.4) is 0 Å². The van der Waals surface area contributed by atoms with Gasteiger partial charge in [-0.25, -0.2) is 13.1 Å². The fourth-order valence-corrected chi connectivity index (χ4v) is 5.50. The maximum Gasteiger partial charge on any atom is 0.240 e. The second-order valence-electron chi connectivity index (χ2n) is 7.85. The first-order valence-electron chi connectivity index (χ1n) is 10.3. The Morgan fingerprint density at radius 3 is 2.50 bits per heavy atom. The van der Waals surface area contributed by atoms with Crippen LogP contribution in [0.4, 0.5) is 0 Å². The van der Waals surface area contributed by atoms with Crippen molar-refractivity contribution in [2.24, 2.45) is 0 Å². The third kappa shape index (κ3) is 4.42. The minimum absolute atomic E-state index is 0.0690. The molecule has 0 saturated carbocycles. The van der Waals surface area contributed by atoms with E-state index in [0.29, 0.717) is 24.7 Å². The third-order valence-corrected chi connectivity index (χ3v) is 7.34. The average Bonchev–Trinajstić information content (AvgIpc) is 2.74. The summed E-state index contributed by atoms with van der Waals surface area (Å²) in [5.41, 5.74) is 2.95. The Balaban J connectivity index is 1.67. The van der Waals surface area contributed by atoms with Crippen molar-refractivity contribution in [3.63, 3.8) is 0 Å². The molecule has 1 aliphatic heterocycles. The standard InChI is InChI=1S/C24H28N2O3S/c1-18-10-11-24(19(2)16-18)30(27,28)25-17-23(26-12-14-29-15-13-26)22-9-5-7-20-6-3-4-8-21(20)22/h3-11,16,23,25H,12-15,17H2,1-2H3/t23-/m1/s1. The molecule has 1 saturated heterocycles. The summed E-state index contributed by atoms with van der Waals surface area (Å²) < 4.78 is 34.6. The zero-order valence-corrected chi connectivity index (χ0v) is 18.3. The van der Waals surface area contributed by atoms with Crippen molar-refractivity contribution in [2.45, 2.75) is 24.8 Å². The van der Waals surface area contributed by atoms with Gasteiger partial charge in [-0.2, -0.15) is 0 Å². The van der Waals surface area contributed by atoms with Crippen molar-refractivity contribution < 1.29 is 13.2 Å². The van der Waals surface area contributed by atoms with Crippen molar-refractivity contribution in [3.05, 3.63) is 77.4 Å². The molecular formula is C24H28N2O3S. The molecule has 158 valence electrons. The number of benzene rings is 3. The van der Waals surface area contributed by atoms with Gasteiger partial charge in [0.2, 0.25) is 10.0 Å². The molecule has 1 N–H and O–H groups in total. The largest absolute Gasteiger partial charge is 0.379 e. The molecule has 0 bridgehead atoms. The van der Waals surface area contributed by atoms with Crippen LogP contribution < -0.4 is 4.72 Å². The van der Waals surface area contributed by atoms with E-state index in [2.05, 4.69) is 33.9 Å². The van der Waals surface area contributed by atoms with Gasteiger partial charge in [-0.3, -0.25) is 4.90 Å². The second-order valence-corrected chi connectivity index (χ2v) is 9.59. The van der Waals surface area contributed by atoms with Crippen LogP contribution in [-0.4, -0.2) is 46.2 Å². The Labute approximate surface area is 178 Å². The zero-order valence-electron chi connectivity index (χ0n) is 17.5. The lowest BCUT2D eigenvalue weighted by Crippen LogP contribution is -2.44. The fraction of sp³-hybridized carbons (Fsp3) is 0.333. The number of nitrogens with one attached hydrogen (secondary N) is 1. The van der Waals surface area contributed by atoms with Gasteiger partial charge in [0, 0.05) is 25.7 Å². The molecule has 0 aliphatic carbocycles. The maximum atomic E-state index is 13.1. The molecule has 1 aliphatic rings. The fourth-order valence-electron chi connectivity index (χ4n) is 4.23. The number of rotatable bonds is 6. The van der Waals surface area contributed by atoms with E-state index in [9.17, 15) is 8.42 Å². The molecule has 1 fully saturated rings. The van der Waals surface area contributed by atoms with Crippen molar-refractivity contribution >= 4 is 20.8 Å². The number of nitrogens with zero attached hydrogens (tertiary/aromatic N) is 1. The van der Waals surface area contributed by atoms with Gasteiger partial charge in [-0.15, -0.1) is 0 Å². The molecule has 3 aromatic rings. The van der Waals surface area contributed by atoms with E-state index < -0.39 is 10.0 Å². The molecule has 0 radical (unpaired) electrons. The summed E-state index contributed by atoms with van der Waals surface area (Å²) in [6, 6.07) is 19.9. The van der Waals surface area contributed by atoms with Crippen LogP contribution in [0.25, 0.3) is 10.8 Å². The quantitative estimate of drug-likeness (QED) is 0.654. The van der Waals surface area contributed by atoms with Crippen LogP contribution in [0.5, 0.6) is 0 Å². The molecule has 0 aromatic heterocycles. The monoisotopic (exact) mass is 424 g/mol. The predicted molar refractivity (Wildman–Crippen MR) is 120 cm³/mol. The van der Waals surface area contributed by atoms with Crippen LogP contribution >= 0.6 is 0 Å². The highest BCUT2D eigenvalue weighted by atomic mass is 32.2. The summed E-state index contributed by atoms with van der Waals surface area (Å²) in [4.78, 5) is 2.65. The van der Waals surface area contributed by atoms with Crippen molar-refractivity contribution in [2.75, 3.05) is 32.8 Å². The summed E-state index contributed by atoms with van der Waals surface area (Å²) in [7, 11) is -3.61. The smallest absolute Gasteiger partial charge is 0.240 e. The van der Waals surface area contributed by atoms with Crippen LogP contribution in [0.15, 0.2) is 65.6 Å². The Morgan fingerprint density at radius 2 is 1.73 bits per heavy atom. The summed E-state index contributed by atoms with van der Waals surface area (Å²) in [5.74, 6) is 0. The van der Waals surface area contributed by atoms with E-state index in [-0.39, 0.29) is 6.04 Å². The van der Waals surface area contributed by atoms with Gasteiger partial charge >= 0.3 is 0 Å². The predicted octanol–water partition coefficient (Wildman–Crippen LogP) is 3.81. The lowest BCUT2D eigenvalue weighted by molar-refractivity contribution is 0.0175. The van der Waals surface area contributed by atoms with Gasteiger partial charge in [-0.05, 0) is 41.8 Å². The van der Waals surface area contributed by atoms with E-state index in [1.807, 2.05) is 44.2 Å². The first-order valence-corrected chi connectivity index (χ1v) is 11.8. The van der Waals surface area contributed by atoms with Crippen LogP contribution in [-0.2, 0) is 14.8 Å². The molecular weight excluding hydrogens is 396 g/mol. The Kier molecular flexibility index (Phi) is 6.20. The highest BCUT2D eigenvalue weighted by Crippen LogP contribution is 2.29. The van der Waals surface area contributed by atoms with Crippen LogP contribution in [0, 0.1) is 13.8 Å². The third-order valence-electron chi connectivity index (χ3n) is 5.76. The number of sulfonamides is 1. The minimum atomic E-state index is -3.61. The van der Waals surface area contributed by atoms with Gasteiger partial charge in [-0.1, -0.05) is 60.2 Å².